The van der Waals surface area contributed by atoms with Gasteiger partial charge in [0.2, 0.25) is 0 Å². The topological polar surface area (TPSA) is 51.2 Å². The Morgan fingerprint density at radius 1 is 1.29 bits per heavy atom. The summed E-state index contributed by atoms with van der Waals surface area (Å²) < 4.78 is 5.56. The first kappa shape index (κ1) is 12.4. The molecule has 3 nitrogen and oxygen atoms in total. The van der Waals surface area contributed by atoms with E-state index in [1.54, 1.807) is 6.26 Å². The van der Waals surface area contributed by atoms with Gasteiger partial charge in [0, 0.05) is 0 Å². The number of nitrogens with two attached hydrogens (primary N) is 1. The number of hydrogen-bond donors (Lipinski definition) is 2. The maximum atomic E-state index is 5.70. The second-order valence-corrected chi connectivity index (χ2v) is 4.80. The highest BCUT2D eigenvalue weighted by atomic mass is 16.3. The molecule has 0 radical (unpaired) electrons. The number of rotatable bonds is 3. The summed E-state index contributed by atoms with van der Waals surface area (Å²) >= 11 is 0. The van der Waals surface area contributed by atoms with Gasteiger partial charge in [-0.05, 0) is 49.8 Å². The Bertz CT molecular complexity index is 381. The summed E-state index contributed by atoms with van der Waals surface area (Å²) in [5, 5.41) is 0. The highest BCUT2D eigenvalue weighted by Gasteiger charge is 2.20. The molecular weight excluding hydrogens is 212 g/mol. The van der Waals surface area contributed by atoms with E-state index < -0.39 is 0 Å². The Hall–Kier alpha value is -1.06. The van der Waals surface area contributed by atoms with Gasteiger partial charge >= 0.3 is 0 Å². The molecule has 1 aromatic heterocycles. The molecule has 94 valence electrons. The van der Waals surface area contributed by atoms with Crippen molar-refractivity contribution in [2.75, 3.05) is 0 Å². The summed E-state index contributed by atoms with van der Waals surface area (Å²) in [6.45, 7) is 2.06. The van der Waals surface area contributed by atoms with Crippen LogP contribution in [0, 0.1) is 6.92 Å². The molecule has 0 amide bonds. The molecule has 17 heavy (non-hydrogen) atoms. The van der Waals surface area contributed by atoms with Crippen molar-refractivity contribution in [1.29, 1.82) is 0 Å². The summed E-state index contributed by atoms with van der Waals surface area (Å²) in [5.74, 6) is 6.66. The summed E-state index contributed by atoms with van der Waals surface area (Å²) in [6, 6.07) is 2.03. The van der Waals surface area contributed by atoms with Crippen LogP contribution >= 0.6 is 0 Å². The van der Waals surface area contributed by atoms with E-state index in [-0.39, 0.29) is 6.04 Å². The molecule has 1 aromatic rings. The molecule has 0 spiro atoms. The second kappa shape index (κ2) is 6.03. The standard InChI is InChI=1S/C14H22N2O/c1-11-9-10-17-14(11)13(16-15)12-7-5-3-2-4-6-8-12/h7,9-10,13,16H,2-6,8,15H2,1H3/b12-7+. The van der Waals surface area contributed by atoms with Gasteiger partial charge in [-0.15, -0.1) is 0 Å². The smallest absolute Gasteiger partial charge is 0.129 e. The molecule has 0 aliphatic heterocycles. The van der Waals surface area contributed by atoms with Crippen molar-refractivity contribution in [2.45, 2.75) is 51.5 Å². The SMILES string of the molecule is Cc1ccoc1C(NN)/C1=C/CCCCCC1. The predicted molar refractivity (Wildman–Crippen MR) is 69.3 cm³/mol. The van der Waals surface area contributed by atoms with Crippen molar-refractivity contribution >= 4 is 0 Å². The van der Waals surface area contributed by atoms with Gasteiger partial charge < -0.3 is 4.42 Å². The molecule has 1 atom stereocenters. The monoisotopic (exact) mass is 234 g/mol. The fourth-order valence-electron chi connectivity index (χ4n) is 2.51. The first-order valence-electron chi connectivity index (χ1n) is 6.52. The molecule has 3 N–H and O–H groups in total. The lowest BCUT2D eigenvalue weighted by Gasteiger charge is -2.20. The van der Waals surface area contributed by atoms with Crippen molar-refractivity contribution in [2.24, 2.45) is 5.84 Å². The summed E-state index contributed by atoms with van der Waals surface area (Å²) in [5.41, 5.74) is 5.44. The van der Waals surface area contributed by atoms with Crippen LogP contribution in [0.2, 0.25) is 0 Å². The number of nitrogens with one attached hydrogen (secondary N) is 1. The molecule has 3 heteroatoms. The third-order valence-corrected chi connectivity index (χ3v) is 3.53. The lowest BCUT2D eigenvalue weighted by Crippen LogP contribution is -2.29. The van der Waals surface area contributed by atoms with E-state index in [1.807, 2.05) is 6.07 Å². The van der Waals surface area contributed by atoms with Crippen LogP contribution in [0.4, 0.5) is 0 Å². The normalized spacial score (nSPS) is 22.4. The van der Waals surface area contributed by atoms with Gasteiger partial charge in [0.15, 0.2) is 0 Å². The fourth-order valence-corrected chi connectivity index (χ4v) is 2.51. The van der Waals surface area contributed by atoms with Crippen LogP contribution in [-0.4, -0.2) is 0 Å². The van der Waals surface area contributed by atoms with E-state index in [1.165, 1.54) is 31.3 Å². The van der Waals surface area contributed by atoms with Gasteiger partial charge in [-0.1, -0.05) is 18.9 Å². The zero-order chi connectivity index (χ0) is 12.1. The Balaban J connectivity index is 2.19. The van der Waals surface area contributed by atoms with Crippen LogP contribution < -0.4 is 11.3 Å². The summed E-state index contributed by atoms with van der Waals surface area (Å²) in [6.07, 6.45) is 11.6. The van der Waals surface area contributed by atoms with Gasteiger partial charge in [0.1, 0.15) is 11.8 Å². The summed E-state index contributed by atoms with van der Waals surface area (Å²) in [7, 11) is 0. The minimum Gasteiger partial charge on any atom is -0.467 e. The predicted octanol–water partition coefficient (Wildman–Crippen LogP) is 3.37. The van der Waals surface area contributed by atoms with Crippen molar-refractivity contribution in [3.63, 3.8) is 0 Å². The third-order valence-electron chi connectivity index (χ3n) is 3.53. The van der Waals surface area contributed by atoms with Crippen LogP contribution in [0.1, 0.15) is 55.9 Å². The minimum atomic E-state index is 0.0445. The van der Waals surface area contributed by atoms with Gasteiger partial charge in [-0.2, -0.15) is 0 Å². The third kappa shape index (κ3) is 2.99. The summed E-state index contributed by atoms with van der Waals surface area (Å²) in [4.78, 5) is 0. The molecule has 1 heterocycles. The van der Waals surface area contributed by atoms with E-state index in [0.717, 1.165) is 24.2 Å². The van der Waals surface area contributed by atoms with Crippen molar-refractivity contribution in [1.82, 2.24) is 5.43 Å². The molecule has 1 aliphatic carbocycles. The molecule has 2 rings (SSSR count). The zero-order valence-electron chi connectivity index (χ0n) is 10.5. The molecule has 1 unspecified atom stereocenters. The highest BCUT2D eigenvalue weighted by Crippen LogP contribution is 2.30. The van der Waals surface area contributed by atoms with Gasteiger partial charge in [-0.3, -0.25) is 5.84 Å². The molecule has 0 saturated carbocycles. The van der Waals surface area contributed by atoms with Crippen molar-refractivity contribution < 1.29 is 4.42 Å². The molecular formula is C14H22N2O. The van der Waals surface area contributed by atoms with E-state index >= 15 is 0 Å². The van der Waals surface area contributed by atoms with Crippen molar-refractivity contribution in [3.8, 4) is 0 Å². The maximum absolute atomic E-state index is 5.70. The van der Waals surface area contributed by atoms with Gasteiger partial charge in [0.25, 0.3) is 0 Å². The van der Waals surface area contributed by atoms with Gasteiger partial charge in [0.05, 0.1) is 6.26 Å². The Kier molecular flexibility index (Phi) is 4.40. The van der Waals surface area contributed by atoms with Crippen LogP contribution in [0.3, 0.4) is 0 Å². The lowest BCUT2D eigenvalue weighted by atomic mass is 9.93. The van der Waals surface area contributed by atoms with Crippen LogP contribution in [0.15, 0.2) is 28.4 Å². The Morgan fingerprint density at radius 3 is 2.82 bits per heavy atom. The minimum absolute atomic E-state index is 0.0445. The van der Waals surface area contributed by atoms with E-state index in [2.05, 4.69) is 18.4 Å². The quantitative estimate of drug-likeness (QED) is 0.479. The van der Waals surface area contributed by atoms with Crippen LogP contribution in [0.25, 0.3) is 0 Å². The number of aryl methyl sites for hydroxylation is 1. The number of hydrazine groups is 1. The first-order chi connectivity index (χ1) is 8.33. The lowest BCUT2D eigenvalue weighted by molar-refractivity contribution is 0.434. The molecule has 0 fully saturated rings. The average Bonchev–Trinajstić information content (AvgIpc) is 2.69. The van der Waals surface area contributed by atoms with Crippen molar-refractivity contribution in [3.05, 3.63) is 35.3 Å². The van der Waals surface area contributed by atoms with Crippen LogP contribution in [-0.2, 0) is 0 Å². The molecule has 1 aliphatic rings. The van der Waals surface area contributed by atoms with E-state index in [9.17, 15) is 0 Å². The largest absolute Gasteiger partial charge is 0.467 e. The highest BCUT2D eigenvalue weighted by molar-refractivity contribution is 5.27. The fraction of sp³-hybridized carbons (Fsp3) is 0.571. The Morgan fingerprint density at radius 2 is 2.12 bits per heavy atom. The Labute approximate surface area is 103 Å². The number of hydrogen-bond acceptors (Lipinski definition) is 3. The van der Waals surface area contributed by atoms with E-state index in [0.29, 0.717) is 0 Å². The second-order valence-electron chi connectivity index (χ2n) is 4.80. The van der Waals surface area contributed by atoms with Crippen LogP contribution in [0.5, 0.6) is 0 Å². The van der Waals surface area contributed by atoms with Gasteiger partial charge in [-0.25, -0.2) is 5.43 Å². The average molecular weight is 234 g/mol. The molecule has 0 aromatic carbocycles. The molecule has 0 saturated heterocycles. The first-order valence-corrected chi connectivity index (χ1v) is 6.52. The zero-order valence-corrected chi connectivity index (χ0v) is 10.5. The van der Waals surface area contributed by atoms with E-state index in [4.69, 9.17) is 10.3 Å². The number of allylic oxidation sites excluding steroid dienone is 1. The molecule has 0 bridgehead atoms. The number of furan rings is 1. The maximum Gasteiger partial charge on any atom is 0.129 e.